The second-order valence-electron chi connectivity index (χ2n) is 6.77. The number of hydrogen-bond acceptors (Lipinski definition) is 5. The highest BCUT2D eigenvalue weighted by atomic mass is 32.2. The Kier molecular flexibility index (Phi) is 6.46. The van der Waals surface area contributed by atoms with Gasteiger partial charge in [-0.15, -0.1) is 0 Å². The average molecular weight is 406 g/mol. The number of benzene rings is 2. The normalized spacial score (nSPS) is 18.3. The fraction of sp³-hybridized carbons (Fsp3) is 0.429. The van der Waals surface area contributed by atoms with Crippen molar-refractivity contribution in [2.45, 2.75) is 36.6 Å². The molecule has 0 saturated carbocycles. The van der Waals surface area contributed by atoms with Gasteiger partial charge in [-0.05, 0) is 42.7 Å². The van der Waals surface area contributed by atoms with Gasteiger partial charge in [0, 0.05) is 12.6 Å². The summed E-state index contributed by atoms with van der Waals surface area (Å²) in [6, 6.07) is 12.3. The molecule has 1 unspecified atom stereocenters. The van der Waals surface area contributed by atoms with Crippen molar-refractivity contribution in [2.75, 3.05) is 27.9 Å². The molecule has 1 atom stereocenters. The van der Waals surface area contributed by atoms with E-state index < -0.39 is 10.0 Å². The van der Waals surface area contributed by atoms with Crippen LogP contribution in [0.15, 0.2) is 47.4 Å². The summed E-state index contributed by atoms with van der Waals surface area (Å²) in [5.41, 5.74) is 0.966. The lowest BCUT2D eigenvalue weighted by atomic mass is 10.0. The Labute approximate surface area is 167 Å². The van der Waals surface area contributed by atoms with Gasteiger partial charge in [0.2, 0.25) is 10.0 Å². The largest absolute Gasteiger partial charge is 0.497 e. The summed E-state index contributed by atoms with van der Waals surface area (Å²) in [5, 5.41) is 0. The molecule has 2 aromatic rings. The summed E-state index contributed by atoms with van der Waals surface area (Å²) < 4.78 is 44.8. The highest BCUT2D eigenvalue weighted by molar-refractivity contribution is 7.89. The standard InChI is InChI=1S/C21H27NO5S/c1-25-17-10-8-16(9-11-17)19-7-5-4-6-14-22(19)28(23,24)21-15-18(26-2)12-13-20(21)27-3/h8-13,15,19H,4-7,14H2,1-3H3. The van der Waals surface area contributed by atoms with Crippen molar-refractivity contribution in [1.29, 1.82) is 0 Å². The lowest BCUT2D eigenvalue weighted by Crippen LogP contribution is -2.35. The van der Waals surface area contributed by atoms with Crippen LogP contribution in [0.25, 0.3) is 0 Å². The van der Waals surface area contributed by atoms with E-state index in [0.717, 1.165) is 37.0 Å². The van der Waals surface area contributed by atoms with E-state index in [1.807, 2.05) is 24.3 Å². The lowest BCUT2D eigenvalue weighted by molar-refractivity contribution is 0.325. The van der Waals surface area contributed by atoms with E-state index in [-0.39, 0.29) is 10.9 Å². The number of nitrogens with zero attached hydrogens (tertiary/aromatic N) is 1. The maximum Gasteiger partial charge on any atom is 0.247 e. The van der Waals surface area contributed by atoms with Crippen LogP contribution in [0.5, 0.6) is 17.2 Å². The van der Waals surface area contributed by atoms with Gasteiger partial charge in [-0.1, -0.05) is 25.0 Å². The van der Waals surface area contributed by atoms with Gasteiger partial charge in [0.25, 0.3) is 0 Å². The molecule has 2 aromatic carbocycles. The molecule has 1 heterocycles. The minimum Gasteiger partial charge on any atom is -0.497 e. The zero-order chi connectivity index (χ0) is 20.1. The molecule has 152 valence electrons. The van der Waals surface area contributed by atoms with Crippen LogP contribution in [0, 0.1) is 0 Å². The van der Waals surface area contributed by atoms with Crippen molar-refractivity contribution in [3.63, 3.8) is 0 Å². The monoisotopic (exact) mass is 405 g/mol. The number of sulfonamides is 1. The minimum absolute atomic E-state index is 0.134. The molecule has 0 bridgehead atoms. The van der Waals surface area contributed by atoms with Crippen molar-refractivity contribution in [3.8, 4) is 17.2 Å². The number of methoxy groups -OCH3 is 3. The lowest BCUT2D eigenvalue weighted by Gasteiger charge is -2.30. The highest BCUT2D eigenvalue weighted by Gasteiger charge is 2.35. The Bertz CT molecular complexity index is 896. The van der Waals surface area contributed by atoms with E-state index in [1.54, 1.807) is 23.5 Å². The summed E-state index contributed by atoms with van der Waals surface area (Å²) in [6.45, 7) is 0.472. The van der Waals surface area contributed by atoms with Crippen LogP contribution in [0.1, 0.15) is 37.3 Å². The first-order valence-electron chi connectivity index (χ1n) is 9.39. The van der Waals surface area contributed by atoms with E-state index in [2.05, 4.69) is 0 Å². The topological polar surface area (TPSA) is 65.1 Å². The maximum absolute atomic E-state index is 13.7. The molecule has 0 amide bonds. The molecular formula is C21H27NO5S. The maximum atomic E-state index is 13.7. The SMILES string of the molecule is COc1ccc(C2CCCCCN2S(=O)(=O)c2cc(OC)ccc2OC)cc1. The summed E-state index contributed by atoms with van der Waals surface area (Å²) in [6.07, 6.45) is 3.60. The molecule has 0 aliphatic carbocycles. The quantitative estimate of drug-likeness (QED) is 0.726. The van der Waals surface area contributed by atoms with E-state index >= 15 is 0 Å². The van der Waals surface area contributed by atoms with Crippen LogP contribution in [-0.2, 0) is 10.0 Å². The van der Waals surface area contributed by atoms with Crippen LogP contribution in [0.4, 0.5) is 0 Å². The van der Waals surface area contributed by atoms with Crippen molar-refractivity contribution >= 4 is 10.0 Å². The molecule has 0 radical (unpaired) electrons. The van der Waals surface area contributed by atoms with Crippen LogP contribution in [0.2, 0.25) is 0 Å². The smallest absolute Gasteiger partial charge is 0.247 e. The van der Waals surface area contributed by atoms with E-state index in [1.165, 1.54) is 20.3 Å². The van der Waals surface area contributed by atoms with Gasteiger partial charge in [0.05, 0.1) is 27.4 Å². The van der Waals surface area contributed by atoms with E-state index in [9.17, 15) is 8.42 Å². The van der Waals surface area contributed by atoms with Gasteiger partial charge in [0.1, 0.15) is 22.1 Å². The van der Waals surface area contributed by atoms with Crippen LogP contribution < -0.4 is 14.2 Å². The van der Waals surface area contributed by atoms with Gasteiger partial charge >= 0.3 is 0 Å². The van der Waals surface area contributed by atoms with Crippen LogP contribution in [-0.4, -0.2) is 40.6 Å². The molecule has 1 saturated heterocycles. The first kappa shape index (κ1) is 20.5. The van der Waals surface area contributed by atoms with Crippen molar-refractivity contribution in [2.24, 2.45) is 0 Å². The van der Waals surface area contributed by atoms with Crippen LogP contribution >= 0.6 is 0 Å². The minimum atomic E-state index is -3.78. The number of hydrogen-bond donors (Lipinski definition) is 0. The summed E-state index contributed by atoms with van der Waals surface area (Å²) >= 11 is 0. The Morgan fingerprint density at radius 2 is 1.54 bits per heavy atom. The molecule has 3 rings (SSSR count). The van der Waals surface area contributed by atoms with Gasteiger partial charge in [-0.25, -0.2) is 8.42 Å². The second kappa shape index (κ2) is 8.84. The Hall–Kier alpha value is -2.25. The van der Waals surface area contributed by atoms with E-state index in [0.29, 0.717) is 18.0 Å². The van der Waals surface area contributed by atoms with Gasteiger partial charge in [0.15, 0.2) is 0 Å². The molecule has 0 aromatic heterocycles. The molecule has 1 aliphatic heterocycles. The predicted molar refractivity (Wildman–Crippen MR) is 108 cm³/mol. The van der Waals surface area contributed by atoms with Crippen molar-refractivity contribution in [3.05, 3.63) is 48.0 Å². The Balaban J connectivity index is 2.06. The fourth-order valence-corrected chi connectivity index (χ4v) is 5.50. The number of rotatable bonds is 6. The molecular weight excluding hydrogens is 378 g/mol. The third-order valence-electron chi connectivity index (χ3n) is 5.16. The molecule has 28 heavy (non-hydrogen) atoms. The van der Waals surface area contributed by atoms with Crippen molar-refractivity contribution < 1.29 is 22.6 Å². The summed E-state index contributed by atoms with van der Waals surface area (Å²) in [7, 11) is 0.835. The predicted octanol–water partition coefficient (Wildman–Crippen LogP) is 4.02. The summed E-state index contributed by atoms with van der Waals surface area (Å²) in [4.78, 5) is 0.134. The Morgan fingerprint density at radius 1 is 0.857 bits per heavy atom. The van der Waals surface area contributed by atoms with Gasteiger partial charge < -0.3 is 14.2 Å². The summed E-state index contributed by atoms with van der Waals surface area (Å²) in [5.74, 6) is 1.55. The zero-order valence-electron chi connectivity index (χ0n) is 16.6. The van der Waals surface area contributed by atoms with E-state index in [4.69, 9.17) is 14.2 Å². The molecule has 6 nitrogen and oxygen atoms in total. The Morgan fingerprint density at radius 3 is 2.18 bits per heavy atom. The van der Waals surface area contributed by atoms with Crippen LogP contribution in [0.3, 0.4) is 0 Å². The highest BCUT2D eigenvalue weighted by Crippen LogP contribution is 2.38. The molecule has 1 aliphatic rings. The number of ether oxygens (including phenoxy) is 3. The fourth-order valence-electron chi connectivity index (χ4n) is 3.64. The van der Waals surface area contributed by atoms with Crippen molar-refractivity contribution in [1.82, 2.24) is 4.31 Å². The third-order valence-corrected chi connectivity index (χ3v) is 7.09. The molecule has 7 heteroatoms. The molecule has 1 fully saturated rings. The third kappa shape index (κ3) is 4.10. The second-order valence-corrected chi connectivity index (χ2v) is 8.63. The van der Waals surface area contributed by atoms with Gasteiger partial charge in [-0.2, -0.15) is 4.31 Å². The zero-order valence-corrected chi connectivity index (χ0v) is 17.4. The molecule has 0 N–H and O–H groups in total. The first-order valence-corrected chi connectivity index (χ1v) is 10.8. The first-order chi connectivity index (χ1) is 13.5. The molecule has 0 spiro atoms. The van der Waals surface area contributed by atoms with Gasteiger partial charge in [-0.3, -0.25) is 0 Å². The average Bonchev–Trinajstić information content (AvgIpc) is 3.00.